The molecule has 0 fully saturated rings. The van der Waals surface area contributed by atoms with E-state index in [1.807, 2.05) is 51.1 Å². The molecule has 0 aromatic heterocycles. The summed E-state index contributed by atoms with van der Waals surface area (Å²) in [4.78, 5) is 23.4. The quantitative estimate of drug-likeness (QED) is 0.769. The molecule has 0 spiro atoms. The van der Waals surface area contributed by atoms with Gasteiger partial charge in [-0.05, 0) is 33.3 Å². The van der Waals surface area contributed by atoms with E-state index in [2.05, 4.69) is 0 Å². The Bertz CT molecular complexity index is 415. The molecule has 0 aliphatic carbocycles. The van der Waals surface area contributed by atoms with Crippen LogP contribution in [0, 0.1) is 0 Å². The van der Waals surface area contributed by atoms with Gasteiger partial charge in [0.15, 0.2) is 0 Å². The van der Waals surface area contributed by atoms with Crippen molar-refractivity contribution in [3.63, 3.8) is 0 Å². The first kappa shape index (κ1) is 14.4. The maximum Gasteiger partial charge on any atom is 0.307 e. The molecule has 0 aliphatic rings. The van der Waals surface area contributed by atoms with Crippen LogP contribution in [0.15, 0.2) is 30.3 Å². The zero-order chi connectivity index (χ0) is 13.8. The van der Waals surface area contributed by atoms with Gasteiger partial charge in [0.05, 0.1) is 12.3 Å². The molecule has 0 amide bonds. The molecule has 3 nitrogen and oxygen atoms in total. The molecular formula is C15H20O3. The summed E-state index contributed by atoms with van der Waals surface area (Å²) in [7, 11) is 0. The molecule has 1 unspecified atom stereocenters. The first-order valence-electron chi connectivity index (χ1n) is 6.07. The molecule has 1 rings (SSSR count). The monoisotopic (exact) mass is 248 g/mol. The van der Waals surface area contributed by atoms with E-state index in [1.54, 1.807) is 0 Å². The summed E-state index contributed by atoms with van der Waals surface area (Å²) >= 11 is 0. The normalized spacial score (nSPS) is 12.9. The van der Waals surface area contributed by atoms with Crippen molar-refractivity contribution >= 4 is 11.8 Å². The summed E-state index contributed by atoms with van der Waals surface area (Å²) in [5, 5.41) is 0. The molecule has 0 bridgehead atoms. The second-order valence-corrected chi connectivity index (χ2v) is 5.36. The fourth-order valence-electron chi connectivity index (χ4n) is 1.73. The predicted molar refractivity (Wildman–Crippen MR) is 70.3 cm³/mol. The first-order valence-corrected chi connectivity index (χ1v) is 6.07. The van der Waals surface area contributed by atoms with Crippen LogP contribution in [-0.4, -0.2) is 17.4 Å². The molecule has 0 aliphatic heterocycles. The molecule has 0 heterocycles. The molecule has 1 atom stereocenters. The molecule has 3 heteroatoms. The lowest BCUT2D eigenvalue weighted by atomic mass is 9.92. The second-order valence-electron chi connectivity index (χ2n) is 5.36. The molecule has 18 heavy (non-hydrogen) atoms. The third-order valence-electron chi connectivity index (χ3n) is 2.48. The lowest BCUT2D eigenvalue weighted by Crippen LogP contribution is -2.26. The Balaban J connectivity index is 2.77. The van der Waals surface area contributed by atoms with Crippen LogP contribution in [-0.2, 0) is 14.3 Å². The smallest absolute Gasteiger partial charge is 0.307 e. The van der Waals surface area contributed by atoms with Crippen LogP contribution >= 0.6 is 0 Å². The van der Waals surface area contributed by atoms with Crippen LogP contribution in [0.25, 0.3) is 0 Å². The summed E-state index contributed by atoms with van der Waals surface area (Å²) < 4.78 is 5.25. The topological polar surface area (TPSA) is 43.4 Å². The molecule has 1 aromatic carbocycles. The minimum absolute atomic E-state index is 0.0212. The number of Topliss-reactive ketones (excluding diaryl/α,β-unsaturated/α-hetero) is 1. The van der Waals surface area contributed by atoms with Crippen molar-refractivity contribution in [1.82, 2.24) is 0 Å². The molecule has 1 aromatic rings. The van der Waals surface area contributed by atoms with Gasteiger partial charge in [0, 0.05) is 0 Å². The Hall–Kier alpha value is -1.64. The number of carbonyl (C=O) groups excluding carboxylic acids is 2. The highest BCUT2D eigenvalue weighted by atomic mass is 16.6. The summed E-state index contributed by atoms with van der Waals surface area (Å²) in [5.41, 5.74) is 0.339. The molecule has 0 N–H and O–H groups in total. The van der Waals surface area contributed by atoms with Crippen molar-refractivity contribution in [3.8, 4) is 0 Å². The van der Waals surface area contributed by atoms with Gasteiger partial charge in [-0.3, -0.25) is 9.59 Å². The maximum atomic E-state index is 11.8. The summed E-state index contributed by atoms with van der Waals surface area (Å²) in [6, 6.07) is 9.32. The van der Waals surface area contributed by atoms with Gasteiger partial charge in [0.1, 0.15) is 11.4 Å². The zero-order valence-electron chi connectivity index (χ0n) is 11.4. The van der Waals surface area contributed by atoms with Crippen LogP contribution in [0.1, 0.15) is 45.6 Å². The van der Waals surface area contributed by atoms with Crippen molar-refractivity contribution < 1.29 is 14.3 Å². The van der Waals surface area contributed by atoms with Crippen LogP contribution in [0.5, 0.6) is 0 Å². The van der Waals surface area contributed by atoms with Gasteiger partial charge < -0.3 is 4.74 Å². The Labute approximate surface area is 108 Å². The van der Waals surface area contributed by atoms with E-state index in [0.29, 0.717) is 0 Å². The number of hydrogen-bond acceptors (Lipinski definition) is 3. The summed E-state index contributed by atoms with van der Waals surface area (Å²) in [6.45, 7) is 6.95. The van der Waals surface area contributed by atoms with Gasteiger partial charge in [-0.2, -0.15) is 0 Å². The SMILES string of the molecule is CC(=O)C(CC(=O)OC(C)(C)C)c1ccccc1. The number of hydrogen-bond donors (Lipinski definition) is 0. The molecule has 0 saturated carbocycles. The minimum Gasteiger partial charge on any atom is -0.460 e. The zero-order valence-corrected chi connectivity index (χ0v) is 11.4. The first-order chi connectivity index (χ1) is 8.29. The van der Waals surface area contributed by atoms with Gasteiger partial charge in [0.2, 0.25) is 0 Å². The highest BCUT2D eigenvalue weighted by Gasteiger charge is 2.24. The predicted octanol–water partition coefficient (Wildman–Crippen LogP) is 3.09. The standard InChI is InChI=1S/C15H20O3/c1-11(16)13(12-8-6-5-7-9-12)10-14(17)18-15(2,3)4/h5-9,13H,10H2,1-4H3. The lowest BCUT2D eigenvalue weighted by molar-refractivity contribution is -0.156. The maximum absolute atomic E-state index is 11.8. The number of ketones is 1. The molecule has 0 radical (unpaired) electrons. The van der Waals surface area contributed by atoms with Gasteiger partial charge in [-0.25, -0.2) is 0 Å². The highest BCUT2D eigenvalue weighted by Crippen LogP contribution is 2.22. The van der Waals surface area contributed by atoms with Crippen LogP contribution in [0.4, 0.5) is 0 Å². The number of ether oxygens (including phenoxy) is 1. The van der Waals surface area contributed by atoms with E-state index in [9.17, 15) is 9.59 Å². The summed E-state index contributed by atoms with van der Waals surface area (Å²) in [5.74, 6) is -0.778. The van der Waals surface area contributed by atoms with Gasteiger partial charge >= 0.3 is 5.97 Å². The van der Waals surface area contributed by atoms with Crippen molar-refractivity contribution in [2.45, 2.75) is 45.6 Å². The molecular weight excluding hydrogens is 228 g/mol. The Morgan fingerprint density at radius 3 is 2.17 bits per heavy atom. The highest BCUT2D eigenvalue weighted by molar-refractivity contribution is 5.88. The van der Waals surface area contributed by atoms with Crippen molar-refractivity contribution in [3.05, 3.63) is 35.9 Å². The average molecular weight is 248 g/mol. The molecule has 98 valence electrons. The van der Waals surface area contributed by atoms with E-state index < -0.39 is 11.5 Å². The summed E-state index contributed by atoms with van der Waals surface area (Å²) in [6.07, 6.45) is 0.0939. The second kappa shape index (κ2) is 5.80. The van der Waals surface area contributed by atoms with Crippen molar-refractivity contribution in [1.29, 1.82) is 0 Å². The van der Waals surface area contributed by atoms with Gasteiger partial charge in [0.25, 0.3) is 0 Å². The third kappa shape index (κ3) is 4.70. The fraction of sp³-hybridized carbons (Fsp3) is 0.467. The minimum atomic E-state index is -0.519. The lowest BCUT2D eigenvalue weighted by Gasteiger charge is -2.21. The number of rotatable bonds is 4. The average Bonchev–Trinajstić information content (AvgIpc) is 2.24. The molecule has 0 saturated heterocycles. The van der Waals surface area contributed by atoms with Crippen LogP contribution in [0.2, 0.25) is 0 Å². The van der Waals surface area contributed by atoms with E-state index in [1.165, 1.54) is 6.92 Å². The van der Waals surface area contributed by atoms with Gasteiger partial charge in [-0.1, -0.05) is 30.3 Å². The van der Waals surface area contributed by atoms with Crippen molar-refractivity contribution in [2.24, 2.45) is 0 Å². The number of esters is 1. The Kier molecular flexibility index (Phi) is 4.65. The van der Waals surface area contributed by atoms with Crippen molar-refractivity contribution in [2.75, 3.05) is 0 Å². The number of carbonyl (C=O) groups is 2. The van der Waals surface area contributed by atoms with Crippen LogP contribution < -0.4 is 0 Å². The van der Waals surface area contributed by atoms with E-state index in [-0.39, 0.29) is 18.2 Å². The van der Waals surface area contributed by atoms with E-state index in [4.69, 9.17) is 4.74 Å². The third-order valence-corrected chi connectivity index (χ3v) is 2.48. The largest absolute Gasteiger partial charge is 0.460 e. The number of benzene rings is 1. The Morgan fingerprint density at radius 1 is 1.17 bits per heavy atom. The fourth-order valence-corrected chi connectivity index (χ4v) is 1.73. The van der Waals surface area contributed by atoms with E-state index in [0.717, 1.165) is 5.56 Å². The van der Waals surface area contributed by atoms with Gasteiger partial charge in [-0.15, -0.1) is 0 Å². The van der Waals surface area contributed by atoms with E-state index >= 15 is 0 Å². The Morgan fingerprint density at radius 2 is 1.72 bits per heavy atom. The van der Waals surface area contributed by atoms with Crippen LogP contribution in [0.3, 0.4) is 0 Å².